The van der Waals surface area contributed by atoms with E-state index in [1.807, 2.05) is 37.3 Å². The Hall–Kier alpha value is -1.79. The van der Waals surface area contributed by atoms with E-state index in [0.29, 0.717) is 19.5 Å². The van der Waals surface area contributed by atoms with Gasteiger partial charge in [0, 0.05) is 6.54 Å². The van der Waals surface area contributed by atoms with Crippen molar-refractivity contribution in [1.82, 2.24) is 4.90 Å². The van der Waals surface area contributed by atoms with Crippen LogP contribution in [0.15, 0.2) is 30.3 Å². The zero-order valence-corrected chi connectivity index (χ0v) is 10.8. The molecule has 0 spiro atoms. The Morgan fingerprint density at radius 3 is 2.67 bits per heavy atom. The second-order valence-electron chi connectivity index (χ2n) is 4.19. The first-order valence-electron chi connectivity index (χ1n) is 6.20. The fourth-order valence-corrected chi connectivity index (χ4v) is 1.78. The molecular weight excluding hydrogens is 224 g/mol. The van der Waals surface area contributed by atoms with Crippen LogP contribution < -0.4 is 5.73 Å². The molecule has 1 unspecified atom stereocenters. The van der Waals surface area contributed by atoms with Crippen molar-refractivity contribution in [1.29, 1.82) is 0 Å². The summed E-state index contributed by atoms with van der Waals surface area (Å²) in [5, 5.41) is 0. The maximum atomic E-state index is 12.0. The van der Waals surface area contributed by atoms with Crippen molar-refractivity contribution in [2.45, 2.75) is 25.8 Å². The van der Waals surface area contributed by atoms with E-state index < -0.39 is 6.04 Å². The van der Waals surface area contributed by atoms with Gasteiger partial charge in [0.2, 0.25) is 5.91 Å². The van der Waals surface area contributed by atoms with Crippen LogP contribution in [0.4, 0.5) is 0 Å². The maximum absolute atomic E-state index is 12.0. The van der Waals surface area contributed by atoms with Crippen LogP contribution in [0.1, 0.15) is 18.9 Å². The van der Waals surface area contributed by atoms with Crippen molar-refractivity contribution < 1.29 is 4.79 Å². The number of benzene rings is 1. The highest BCUT2D eigenvalue weighted by Gasteiger charge is 2.18. The van der Waals surface area contributed by atoms with Crippen molar-refractivity contribution in [3.05, 3.63) is 35.9 Å². The molecule has 0 saturated carbocycles. The highest BCUT2D eigenvalue weighted by molar-refractivity contribution is 5.81. The van der Waals surface area contributed by atoms with E-state index in [1.54, 1.807) is 4.90 Å². The van der Waals surface area contributed by atoms with Crippen LogP contribution in [0.5, 0.6) is 0 Å². The minimum absolute atomic E-state index is 0.0635. The summed E-state index contributed by atoms with van der Waals surface area (Å²) in [4.78, 5) is 13.6. The number of likely N-dealkylation sites (N-methyl/N-ethyl adjacent to an activating group) is 1. The van der Waals surface area contributed by atoms with Crippen molar-refractivity contribution in [2.75, 3.05) is 13.1 Å². The number of terminal acetylenes is 1. The van der Waals surface area contributed by atoms with Gasteiger partial charge in [0.25, 0.3) is 0 Å². The Labute approximate surface area is 109 Å². The van der Waals surface area contributed by atoms with Crippen molar-refractivity contribution in [3.63, 3.8) is 0 Å². The fourth-order valence-electron chi connectivity index (χ4n) is 1.78. The standard InChI is InChI=1S/C15H20N2O/c1-3-12-17(4-2)15(18)14(16)11-10-13-8-6-5-7-9-13/h1,5-9,14H,4,10-12,16H2,2H3. The number of nitrogens with two attached hydrogens (primary N) is 1. The zero-order chi connectivity index (χ0) is 13.4. The van der Waals surface area contributed by atoms with E-state index in [0.717, 1.165) is 6.42 Å². The number of nitrogens with zero attached hydrogens (tertiary/aromatic N) is 1. The molecular formula is C15H20N2O. The molecule has 0 radical (unpaired) electrons. The van der Waals surface area contributed by atoms with Gasteiger partial charge < -0.3 is 10.6 Å². The molecule has 1 aromatic rings. The third-order valence-corrected chi connectivity index (χ3v) is 2.88. The summed E-state index contributed by atoms with van der Waals surface area (Å²) in [6.45, 7) is 2.83. The highest BCUT2D eigenvalue weighted by Crippen LogP contribution is 2.05. The molecule has 3 heteroatoms. The second-order valence-corrected chi connectivity index (χ2v) is 4.19. The maximum Gasteiger partial charge on any atom is 0.240 e. The summed E-state index contributed by atoms with van der Waals surface area (Å²) < 4.78 is 0. The molecule has 0 fully saturated rings. The number of carbonyl (C=O) groups excluding carboxylic acids is 1. The summed E-state index contributed by atoms with van der Waals surface area (Å²) in [6.07, 6.45) is 6.67. The lowest BCUT2D eigenvalue weighted by Crippen LogP contribution is -2.44. The van der Waals surface area contributed by atoms with E-state index in [9.17, 15) is 4.79 Å². The molecule has 0 heterocycles. The molecule has 3 nitrogen and oxygen atoms in total. The minimum atomic E-state index is -0.474. The second kappa shape index (κ2) is 7.52. The summed E-state index contributed by atoms with van der Waals surface area (Å²) >= 11 is 0. The Morgan fingerprint density at radius 2 is 2.11 bits per heavy atom. The SMILES string of the molecule is C#CCN(CC)C(=O)C(N)CCc1ccccc1. The summed E-state index contributed by atoms with van der Waals surface area (Å²) in [5.41, 5.74) is 7.11. The van der Waals surface area contributed by atoms with E-state index in [2.05, 4.69) is 5.92 Å². The van der Waals surface area contributed by atoms with Crippen LogP contribution in [0.2, 0.25) is 0 Å². The van der Waals surface area contributed by atoms with Gasteiger partial charge >= 0.3 is 0 Å². The van der Waals surface area contributed by atoms with Crippen molar-refractivity contribution in [2.24, 2.45) is 5.73 Å². The van der Waals surface area contributed by atoms with Gasteiger partial charge in [-0.05, 0) is 25.3 Å². The first-order valence-corrected chi connectivity index (χ1v) is 6.20. The molecule has 18 heavy (non-hydrogen) atoms. The molecule has 1 atom stereocenters. The molecule has 0 aliphatic rings. The zero-order valence-electron chi connectivity index (χ0n) is 10.8. The van der Waals surface area contributed by atoms with E-state index >= 15 is 0 Å². The number of carbonyl (C=O) groups is 1. The van der Waals surface area contributed by atoms with Crippen LogP contribution >= 0.6 is 0 Å². The molecule has 0 bridgehead atoms. The van der Waals surface area contributed by atoms with Gasteiger partial charge in [-0.25, -0.2) is 0 Å². The number of rotatable bonds is 6. The first kappa shape index (κ1) is 14.3. The largest absolute Gasteiger partial charge is 0.330 e. The van der Waals surface area contributed by atoms with Crippen molar-refractivity contribution >= 4 is 5.91 Å². The van der Waals surface area contributed by atoms with Crippen LogP contribution in [0, 0.1) is 12.3 Å². The monoisotopic (exact) mass is 244 g/mol. The van der Waals surface area contributed by atoms with E-state index in [4.69, 9.17) is 12.2 Å². The number of hydrogen-bond acceptors (Lipinski definition) is 2. The molecule has 0 saturated heterocycles. The molecule has 1 amide bonds. The minimum Gasteiger partial charge on any atom is -0.330 e. The average Bonchev–Trinajstić information content (AvgIpc) is 2.42. The number of amides is 1. The highest BCUT2D eigenvalue weighted by atomic mass is 16.2. The van der Waals surface area contributed by atoms with Crippen LogP contribution in [0.3, 0.4) is 0 Å². The van der Waals surface area contributed by atoms with Gasteiger partial charge in [-0.1, -0.05) is 36.3 Å². The smallest absolute Gasteiger partial charge is 0.240 e. The van der Waals surface area contributed by atoms with E-state index in [-0.39, 0.29) is 5.91 Å². The Kier molecular flexibility index (Phi) is 5.96. The lowest BCUT2D eigenvalue weighted by molar-refractivity contribution is -0.131. The van der Waals surface area contributed by atoms with E-state index in [1.165, 1.54) is 5.56 Å². The number of aryl methyl sites for hydroxylation is 1. The normalized spacial score (nSPS) is 11.6. The Bertz CT molecular complexity index is 408. The molecule has 96 valence electrons. The quantitative estimate of drug-likeness (QED) is 0.769. The molecule has 0 aliphatic carbocycles. The van der Waals surface area contributed by atoms with Gasteiger partial charge in [-0.15, -0.1) is 6.42 Å². The third kappa shape index (κ3) is 4.23. The predicted octanol–water partition coefficient (Wildman–Crippen LogP) is 1.43. The van der Waals surface area contributed by atoms with Crippen LogP contribution in [-0.4, -0.2) is 29.9 Å². The van der Waals surface area contributed by atoms with Gasteiger partial charge in [-0.2, -0.15) is 0 Å². The van der Waals surface area contributed by atoms with Crippen LogP contribution in [-0.2, 0) is 11.2 Å². The van der Waals surface area contributed by atoms with Gasteiger partial charge in [0.15, 0.2) is 0 Å². The summed E-state index contributed by atoms with van der Waals surface area (Å²) in [7, 11) is 0. The lowest BCUT2D eigenvalue weighted by atomic mass is 10.0. The van der Waals surface area contributed by atoms with Gasteiger partial charge in [0.1, 0.15) is 0 Å². The topological polar surface area (TPSA) is 46.3 Å². The summed E-state index contributed by atoms with van der Waals surface area (Å²) in [6, 6.07) is 9.55. The molecule has 0 aliphatic heterocycles. The van der Waals surface area contributed by atoms with Gasteiger partial charge in [0.05, 0.1) is 12.6 Å². The fraction of sp³-hybridized carbons (Fsp3) is 0.400. The molecule has 1 rings (SSSR count). The van der Waals surface area contributed by atoms with Crippen molar-refractivity contribution in [3.8, 4) is 12.3 Å². The predicted molar refractivity (Wildman–Crippen MR) is 73.8 cm³/mol. The van der Waals surface area contributed by atoms with Gasteiger partial charge in [-0.3, -0.25) is 4.79 Å². The molecule has 2 N–H and O–H groups in total. The lowest BCUT2D eigenvalue weighted by Gasteiger charge is -2.22. The average molecular weight is 244 g/mol. The van der Waals surface area contributed by atoms with Crippen LogP contribution in [0.25, 0.3) is 0 Å². The Morgan fingerprint density at radius 1 is 1.44 bits per heavy atom. The first-order chi connectivity index (χ1) is 8.69. The third-order valence-electron chi connectivity index (χ3n) is 2.88. The number of hydrogen-bond donors (Lipinski definition) is 1. The molecule has 0 aromatic heterocycles. The molecule has 1 aromatic carbocycles. The summed E-state index contributed by atoms with van der Waals surface area (Å²) in [5.74, 6) is 2.41. The Balaban J connectivity index is 2.47.